The summed E-state index contributed by atoms with van der Waals surface area (Å²) >= 11 is 1.86. The molecule has 1 aliphatic rings. The second kappa shape index (κ2) is 7.11. The van der Waals surface area contributed by atoms with Crippen LogP contribution in [0.5, 0.6) is 0 Å². The number of ether oxygens (including phenoxy) is 2. The Labute approximate surface area is 124 Å². The molecule has 1 aromatic rings. The zero-order valence-corrected chi connectivity index (χ0v) is 12.7. The molecule has 2 rings (SSSR count). The summed E-state index contributed by atoms with van der Waals surface area (Å²) in [4.78, 5) is 12.3. The average Bonchev–Trinajstić information content (AvgIpc) is 2.46. The van der Waals surface area contributed by atoms with Crippen molar-refractivity contribution < 1.29 is 14.3 Å². The molecule has 0 saturated carbocycles. The Morgan fingerprint density at radius 1 is 1.45 bits per heavy atom. The summed E-state index contributed by atoms with van der Waals surface area (Å²) in [5.74, 6) is 0.649. The molecule has 0 aliphatic carbocycles. The fourth-order valence-corrected chi connectivity index (χ4v) is 3.46. The molecule has 1 N–H and O–H groups in total. The van der Waals surface area contributed by atoms with Gasteiger partial charge < -0.3 is 14.8 Å². The highest BCUT2D eigenvalue weighted by Gasteiger charge is 2.39. The molecule has 1 heterocycles. The molecule has 0 bridgehead atoms. The van der Waals surface area contributed by atoms with Gasteiger partial charge in [-0.25, -0.2) is 4.79 Å². The Bertz CT molecular complexity index is 436. The van der Waals surface area contributed by atoms with Crippen molar-refractivity contribution in [3.05, 3.63) is 35.9 Å². The average molecular weight is 295 g/mol. The maximum absolute atomic E-state index is 12.3. The number of nitrogens with one attached hydrogen (secondary N) is 1. The van der Waals surface area contributed by atoms with E-state index >= 15 is 0 Å². The molecule has 5 heteroatoms. The van der Waals surface area contributed by atoms with Crippen LogP contribution < -0.4 is 5.32 Å². The largest absolute Gasteiger partial charge is 0.467 e. The highest BCUT2D eigenvalue weighted by atomic mass is 32.2. The van der Waals surface area contributed by atoms with Crippen LogP contribution in [0.2, 0.25) is 0 Å². The topological polar surface area (TPSA) is 47.6 Å². The van der Waals surface area contributed by atoms with Crippen LogP contribution >= 0.6 is 11.8 Å². The van der Waals surface area contributed by atoms with Crippen LogP contribution in [-0.4, -0.2) is 44.3 Å². The molecular formula is C15H21NO3S. The number of benzene rings is 1. The molecule has 0 aromatic heterocycles. The van der Waals surface area contributed by atoms with Gasteiger partial charge in [0.15, 0.2) is 0 Å². The van der Waals surface area contributed by atoms with Crippen LogP contribution in [0.25, 0.3) is 0 Å². The SMILES string of the molecule is CNC(CCSC1COC1)(C(=O)OC)c1ccccc1. The standard InChI is InChI=1S/C15H21NO3S/c1-16-15(14(17)18-2,12-6-4-3-5-7-12)8-9-20-13-10-19-11-13/h3-7,13,16H,8-11H2,1-2H3. The van der Waals surface area contributed by atoms with Gasteiger partial charge in [-0.1, -0.05) is 30.3 Å². The number of esters is 1. The van der Waals surface area contributed by atoms with E-state index in [0.29, 0.717) is 11.7 Å². The van der Waals surface area contributed by atoms with Gasteiger partial charge in [0, 0.05) is 0 Å². The first kappa shape index (κ1) is 15.4. The first-order chi connectivity index (χ1) is 9.73. The van der Waals surface area contributed by atoms with Crippen LogP contribution in [0.4, 0.5) is 0 Å². The third kappa shape index (κ3) is 3.16. The summed E-state index contributed by atoms with van der Waals surface area (Å²) in [6.45, 7) is 1.64. The Hall–Kier alpha value is -1.04. The van der Waals surface area contributed by atoms with Gasteiger partial charge in [0.1, 0.15) is 5.54 Å². The van der Waals surface area contributed by atoms with Crippen molar-refractivity contribution >= 4 is 17.7 Å². The molecule has 1 aromatic carbocycles. The van der Waals surface area contributed by atoms with E-state index in [0.717, 1.165) is 24.5 Å². The first-order valence-electron chi connectivity index (χ1n) is 6.75. The first-order valence-corrected chi connectivity index (χ1v) is 7.80. The van der Waals surface area contributed by atoms with Crippen molar-refractivity contribution in [3.63, 3.8) is 0 Å². The van der Waals surface area contributed by atoms with Gasteiger partial charge in [0.25, 0.3) is 0 Å². The van der Waals surface area contributed by atoms with E-state index in [9.17, 15) is 4.79 Å². The van der Waals surface area contributed by atoms with Gasteiger partial charge in [0.2, 0.25) is 0 Å². The molecule has 0 radical (unpaired) electrons. The Kier molecular flexibility index (Phi) is 5.46. The number of hydrogen-bond donors (Lipinski definition) is 1. The highest BCUT2D eigenvalue weighted by molar-refractivity contribution is 8.00. The van der Waals surface area contributed by atoms with Crippen molar-refractivity contribution in [1.29, 1.82) is 0 Å². The van der Waals surface area contributed by atoms with E-state index in [-0.39, 0.29) is 5.97 Å². The Balaban J connectivity index is 2.11. The molecular weight excluding hydrogens is 274 g/mol. The number of thioether (sulfide) groups is 1. The molecule has 0 amide bonds. The monoisotopic (exact) mass is 295 g/mol. The minimum absolute atomic E-state index is 0.239. The van der Waals surface area contributed by atoms with Crippen LogP contribution in [0, 0.1) is 0 Å². The van der Waals surface area contributed by atoms with E-state index in [4.69, 9.17) is 9.47 Å². The van der Waals surface area contributed by atoms with Crippen molar-refractivity contribution in [3.8, 4) is 0 Å². The fourth-order valence-electron chi connectivity index (χ4n) is 2.32. The number of likely N-dealkylation sites (N-methyl/N-ethyl adjacent to an activating group) is 1. The van der Waals surface area contributed by atoms with Crippen molar-refractivity contribution in [2.45, 2.75) is 17.2 Å². The second-order valence-corrected chi connectivity index (χ2v) is 6.20. The Morgan fingerprint density at radius 2 is 2.15 bits per heavy atom. The summed E-state index contributed by atoms with van der Waals surface area (Å²) in [5, 5.41) is 3.74. The summed E-state index contributed by atoms with van der Waals surface area (Å²) in [5.41, 5.74) is 0.174. The van der Waals surface area contributed by atoms with Gasteiger partial charge in [-0.05, 0) is 24.8 Å². The van der Waals surface area contributed by atoms with Crippen molar-refractivity contribution in [2.75, 3.05) is 33.1 Å². The number of carbonyl (C=O) groups excluding carboxylic acids is 1. The molecule has 1 fully saturated rings. The lowest BCUT2D eigenvalue weighted by molar-refractivity contribution is -0.149. The summed E-state index contributed by atoms with van der Waals surface area (Å²) < 4.78 is 10.2. The van der Waals surface area contributed by atoms with Crippen LogP contribution in [0.3, 0.4) is 0 Å². The van der Waals surface area contributed by atoms with Gasteiger partial charge >= 0.3 is 5.97 Å². The minimum Gasteiger partial charge on any atom is -0.467 e. The molecule has 110 valence electrons. The van der Waals surface area contributed by atoms with Crippen LogP contribution in [-0.2, 0) is 19.8 Å². The quantitative estimate of drug-likeness (QED) is 0.777. The zero-order chi connectivity index (χ0) is 14.4. The molecule has 1 atom stereocenters. The van der Waals surface area contributed by atoms with E-state index in [1.54, 1.807) is 7.05 Å². The number of methoxy groups -OCH3 is 1. The predicted molar refractivity (Wildman–Crippen MR) is 80.9 cm³/mol. The molecule has 1 aliphatic heterocycles. The lowest BCUT2D eigenvalue weighted by atomic mass is 9.87. The molecule has 1 saturated heterocycles. The van der Waals surface area contributed by atoms with Crippen molar-refractivity contribution in [1.82, 2.24) is 5.32 Å². The van der Waals surface area contributed by atoms with Crippen LogP contribution in [0.15, 0.2) is 30.3 Å². The lowest BCUT2D eigenvalue weighted by Gasteiger charge is -2.32. The number of rotatable bonds is 7. The molecule has 20 heavy (non-hydrogen) atoms. The van der Waals surface area contributed by atoms with E-state index < -0.39 is 5.54 Å². The number of hydrogen-bond acceptors (Lipinski definition) is 5. The van der Waals surface area contributed by atoms with Gasteiger partial charge in [0.05, 0.1) is 25.6 Å². The Morgan fingerprint density at radius 3 is 2.65 bits per heavy atom. The molecule has 1 unspecified atom stereocenters. The third-order valence-corrected chi connectivity index (χ3v) is 4.85. The maximum Gasteiger partial charge on any atom is 0.330 e. The van der Waals surface area contributed by atoms with E-state index in [2.05, 4.69) is 5.32 Å². The smallest absolute Gasteiger partial charge is 0.330 e. The summed E-state index contributed by atoms with van der Waals surface area (Å²) in [6, 6.07) is 9.76. The predicted octanol–water partition coefficient (Wildman–Crippen LogP) is 1.80. The third-order valence-electron chi connectivity index (χ3n) is 3.67. The normalized spacial score (nSPS) is 18.1. The zero-order valence-electron chi connectivity index (χ0n) is 11.9. The maximum atomic E-state index is 12.3. The summed E-state index contributed by atoms with van der Waals surface area (Å²) in [7, 11) is 3.24. The van der Waals surface area contributed by atoms with Gasteiger partial charge in [-0.15, -0.1) is 0 Å². The fraction of sp³-hybridized carbons (Fsp3) is 0.533. The van der Waals surface area contributed by atoms with Gasteiger partial charge in [-0.2, -0.15) is 11.8 Å². The minimum atomic E-state index is -0.770. The molecule has 4 nitrogen and oxygen atoms in total. The van der Waals surface area contributed by atoms with E-state index in [1.807, 2.05) is 42.1 Å². The van der Waals surface area contributed by atoms with Gasteiger partial charge in [-0.3, -0.25) is 0 Å². The van der Waals surface area contributed by atoms with E-state index in [1.165, 1.54) is 7.11 Å². The lowest BCUT2D eigenvalue weighted by Crippen LogP contribution is -2.48. The molecule has 0 spiro atoms. The number of carbonyl (C=O) groups is 1. The summed E-state index contributed by atoms with van der Waals surface area (Å²) in [6.07, 6.45) is 0.696. The second-order valence-electron chi connectivity index (χ2n) is 4.79. The van der Waals surface area contributed by atoms with Crippen molar-refractivity contribution in [2.24, 2.45) is 0 Å². The highest BCUT2D eigenvalue weighted by Crippen LogP contribution is 2.30. The van der Waals surface area contributed by atoms with Crippen LogP contribution in [0.1, 0.15) is 12.0 Å².